The number of fused-ring (bicyclic) bond motifs is 1. The number of amides is 1. The summed E-state index contributed by atoms with van der Waals surface area (Å²) in [4.78, 5) is 31.6. The molecule has 2 heterocycles. The Morgan fingerprint density at radius 1 is 1.36 bits per heavy atom. The largest absolute Gasteiger partial charge is 0.480 e. The van der Waals surface area contributed by atoms with Gasteiger partial charge in [0.2, 0.25) is 0 Å². The average molecular weight is 379 g/mol. The van der Waals surface area contributed by atoms with E-state index < -0.39 is 23.7 Å². The summed E-state index contributed by atoms with van der Waals surface area (Å²) in [5.74, 6) is -0.501. The molecule has 2 aromatic rings. The van der Waals surface area contributed by atoms with Gasteiger partial charge in [-0.2, -0.15) is 0 Å². The van der Waals surface area contributed by atoms with Gasteiger partial charge in [-0.15, -0.1) is 23.1 Å². The van der Waals surface area contributed by atoms with Gasteiger partial charge >= 0.3 is 12.1 Å². The second-order valence-corrected chi connectivity index (χ2v) is 8.47. The first-order chi connectivity index (χ1) is 11.7. The van der Waals surface area contributed by atoms with Crippen molar-refractivity contribution < 1.29 is 19.4 Å². The first-order valence-corrected chi connectivity index (χ1v) is 9.36. The quantitative estimate of drug-likeness (QED) is 0.845. The number of aromatic nitrogens is 1. The Labute approximate surface area is 152 Å². The van der Waals surface area contributed by atoms with Crippen molar-refractivity contribution in [1.29, 1.82) is 0 Å². The van der Waals surface area contributed by atoms with Gasteiger partial charge in [-0.25, -0.2) is 14.6 Å². The molecular weight excluding hydrogens is 362 g/mol. The van der Waals surface area contributed by atoms with Crippen molar-refractivity contribution in [2.75, 3.05) is 11.1 Å². The number of carboxylic acid groups (broad SMARTS) is 1. The number of ether oxygens (including phenoxy) is 1. The minimum atomic E-state index is -0.924. The lowest BCUT2D eigenvalue weighted by molar-refractivity contribution is -0.137. The van der Waals surface area contributed by atoms with Crippen molar-refractivity contribution in [1.82, 2.24) is 4.98 Å². The van der Waals surface area contributed by atoms with Gasteiger partial charge in [-0.1, -0.05) is 0 Å². The lowest BCUT2D eigenvalue weighted by atomic mass is 10.2. The van der Waals surface area contributed by atoms with Crippen LogP contribution < -0.4 is 5.32 Å². The minimum Gasteiger partial charge on any atom is -0.480 e. The Hall–Kier alpha value is -2.13. The number of anilines is 1. The first kappa shape index (κ1) is 17.7. The van der Waals surface area contributed by atoms with Crippen LogP contribution in [0.5, 0.6) is 0 Å². The zero-order valence-corrected chi connectivity index (χ0v) is 15.5. The van der Waals surface area contributed by atoms with E-state index in [9.17, 15) is 9.59 Å². The third-order valence-electron chi connectivity index (χ3n) is 3.15. The summed E-state index contributed by atoms with van der Waals surface area (Å²) in [6, 6.07) is 4.65. The summed E-state index contributed by atoms with van der Waals surface area (Å²) in [6.45, 7) is 5.40. The van der Waals surface area contributed by atoms with Crippen LogP contribution >= 0.6 is 23.1 Å². The maximum atomic E-state index is 11.9. The molecule has 0 saturated carbocycles. The van der Waals surface area contributed by atoms with E-state index in [4.69, 9.17) is 9.84 Å². The number of hydrogen-bond acceptors (Lipinski definition) is 7. The fourth-order valence-electron chi connectivity index (χ4n) is 2.13. The number of carboxylic acids is 1. The number of thioether (sulfide) groups is 1. The van der Waals surface area contributed by atoms with Crippen LogP contribution in [0.3, 0.4) is 0 Å². The summed E-state index contributed by atoms with van der Waals surface area (Å²) >= 11 is 2.81. The summed E-state index contributed by atoms with van der Waals surface area (Å²) in [5, 5.41) is 13.1. The highest BCUT2D eigenvalue weighted by Gasteiger charge is 2.27. The van der Waals surface area contributed by atoms with Gasteiger partial charge in [0.05, 0.1) is 10.2 Å². The molecule has 0 aliphatic carbocycles. The number of carbonyl (C=O) groups excluding carboxylic acids is 1. The Balaban J connectivity index is 1.79. The average Bonchev–Trinajstić information content (AvgIpc) is 3.11. The number of carbonyl (C=O) groups is 2. The molecule has 0 radical (unpaired) electrons. The summed E-state index contributed by atoms with van der Waals surface area (Å²) in [6.07, 6.45) is -0.517. The highest BCUT2D eigenvalue weighted by molar-refractivity contribution is 8.15. The monoisotopic (exact) mass is 379 g/mol. The Bertz CT molecular complexity index is 870. The van der Waals surface area contributed by atoms with Crippen LogP contribution in [0.4, 0.5) is 10.5 Å². The lowest BCUT2D eigenvalue weighted by Gasteiger charge is -2.19. The molecule has 2 N–H and O–H groups in total. The van der Waals surface area contributed by atoms with Gasteiger partial charge in [-0.3, -0.25) is 10.3 Å². The molecule has 7 nitrogen and oxygen atoms in total. The van der Waals surface area contributed by atoms with Crippen molar-refractivity contribution >= 4 is 56.1 Å². The fraction of sp³-hybridized carbons (Fsp3) is 0.375. The van der Waals surface area contributed by atoms with Crippen molar-refractivity contribution in [3.8, 4) is 0 Å². The second kappa shape index (κ2) is 6.64. The smallest absolute Gasteiger partial charge is 0.412 e. The van der Waals surface area contributed by atoms with Crippen LogP contribution in [0, 0.1) is 0 Å². The molecule has 0 saturated heterocycles. The number of aliphatic imine (C=N–C) groups is 1. The third kappa shape index (κ3) is 4.29. The van der Waals surface area contributed by atoms with Crippen molar-refractivity contribution in [3.63, 3.8) is 0 Å². The second-order valence-electron chi connectivity index (χ2n) is 6.43. The van der Waals surface area contributed by atoms with Crippen LogP contribution in [0.2, 0.25) is 0 Å². The van der Waals surface area contributed by atoms with Crippen LogP contribution in [0.15, 0.2) is 23.2 Å². The van der Waals surface area contributed by atoms with Gasteiger partial charge < -0.3 is 9.84 Å². The topological polar surface area (TPSA) is 101 Å². The Morgan fingerprint density at radius 2 is 2.12 bits per heavy atom. The molecule has 3 rings (SSSR count). The standard InChI is InChI=1S/C16H17N3O4S2/c1-16(2,3)23-15(22)17-8-4-5-9-11(6-8)25-13(18-9)12-19-10(7-24-12)14(20)21/h4-6,10H,7H2,1-3H3,(H,17,22)(H,20,21)/t10-/m0/s1. The van der Waals surface area contributed by atoms with Crippen LogP contribution in [-0.2, 0) is 9.53 Å². The number of nitrogens with zero attached hydrogens (tertiary/aromatic N) is 2. The van der Waals surface area contributed by atoms with Gasteiger partial charge in [0.1, 0.15) is 15.7 Å². The Kier molecular flexibility index (Phi) is 4.70. The van der Waals surface area contributed by atoms with E-state index in [2.05, 4.69) is 15.3 Å². The van der Waals surface area contributed by atoms with E-state index in [0.717, 1.165) is 10.2 Å². The third-order valence-corrected chi connectivity index (χ3v) is 5.36. The molecule has 1 aromatic heterocycles. The summed E-state index contributed by atoms with van der Waals surface area (Å²) in [5.41, 5.74) is 0.822. The molecule has 1 aromatic carbocycles. The predicted molar refractivity (Wildman–Crippen MR) is 99.9 cm³/mol. The summed E-state index contributed by atoms with van der Waals surface area (Å²) < 4.78 is 6.11. The molecule has 1 aliphatic heterocycles. The van der Waals surface area contributed by atoms with E-state index >= 15 is 0 Å². The highest BCUT2D eigenvalue weighted by Crippen LogP contribution is 2.31. The highest BCUT2D eigenvalue weighted by atomic mass is 32.2. The molecule has 1 amide bonds. The SMILES string of the molecule is CC(C)(C)OC(=O)Nc1ccc2nc(C3=N[C@H](C(=O)O)CS3)sc2c1. The van der Waals surface area contributed by atoms with E-state index in [1.807, 2.05) is 6.07 Å². The van der Waals surface area contributed by atoms with Crippen molar-refractivity contribution in [2.24, 2.45) is 4.99 Å². The minimum absolute atomic E-state index is 0.423. The number of nitrogens with one attached hydrogen (secondary N) is 1. The molecule has 0 spiro atoms. The van der Waals surface area contributed by atoms with Gasteiger partial charge in [0.15, 0.2) is 6.04 Å². The zero-order chi connectivity index (χ0) is 18.2. The van der Waals surface area contributed by atoms with E-state index in [1.165, 1.54) is 23.1 Å². The molecule has 132 valence electrons. The molecule has 1 aliphatic rings. The van der Waals surface area contributed by atoms with Crippen LogP contribution in [-0.4, -0.2) is 44.6 Å². The first-order valence-electron chi connectivity index (χ1n) is 7.56. The van der Waals surface area contributed by atoms with Crippen molar-refractivity contribution in [2.45, 2.75) is 32.4 Å². The van der Waals surface area contributed by atoms with E-state index in [1.54, 1.807) is 32.9 Å². The van der Waals surface area contributed by atoms with E-state index in [0.29, 0.717) is 21.5 Å². The van der Waals surface area contributed by atoms with Gasteiger partial charge in [0.25, 0.3) is 0 Å². The molecular formula is C16H17N3O4S2. The fourth-order valence-corrected chi connectivity index (χ4v) is 4.23. The van der Waals surface area contributed by atoms with Crippen molar-refractivity contribution in [3.05, 3.63) is 23.2 Å². The molecule has 0 unspecified atom stereocenters. The predicted octanol–water partition coefficient (Wildman–Crippen LogP) is 3.59. The number of aliphatic carboxylic acids is 1. The van der Waals surface area contributed by atoms with E-state index in [-0.39, 0.29) is 0 Å². The maximum absolute atomic E-state index is 11.9. The number of thiazole rings is 1. The molecule has 0 bridgehead atoms. The molecule has 9 heteroatoms. The number of benzene rings is 1. The molecule has 0 fully saturated rings. The maximum Gasteiger partial charge on any atom is 0.412 e. The molecule has 1 atom stereocenters. The van der Waals surface area contributed by atoms with Crippen LogP contribution in [0.1, 0.15) is 25.8 Å². The van der Waals surface area contributed by atoms with Gasteiger partial charge in [0, 0.05) is 11.4 Å². The van der Waals surface area contributed by atoms with Crippen LogP contribution in [0.25, 0.3) is 10.2 Å². The number of rotatable bonds is 3. The lowest BCUT2D eigenvalue weighted by Crippen LogP contribution is -2.27. The zero-order valence-electron chi connectivity index (χ0n) is 13.9. The van der Waals surface area contributed by atoms with Gasteiger partial charge in [-0.05, 0) is 39.0 Å². The Morgan fingerprint density at radius 3 is 2.76 bits per heavy atom. The normalized spacial score (nSPS) is 17.4. The molecule has 25 heavy (non-hydrogen) atoms. The number of hydrogen-bond donors (Lipinski definition) is 2. The summed E-state index contributed by atoms with van der Waals surface area (Å²) in [7, 11) is 0.